The molecule has 1 heterocycles. The topological polar surface area (TPSA) is 0 Å². The lowest BCUT2D eigenvalue weighted by atomic mass is 9.80. The molecular weight excluding hydrogens is 513 g/mol. The predicted molar refractivity (Wildman–Crippen MR) is 177 cm³/mol. The molecule has 0 nitrogen and oxygen atoms in total. The Morgan fingerprint density at radius 1 is 0.415 bits per heavy atom. The highest BCUT2D eigenvalue weighted by Gasteiger charge is 2.21. The molecule has 41 heavy (non-hydrogen) atoms. The molecule has 7 aromatic rings. The van der Waals surface area contributed by atoms with Crippen molar-refractivity contribution in [2.75, 3.05) is 0 Å². The van der Waals surface area contributed by atoms with Crippen LogP contribution in [0.1, 0.15) is 23.1 Å². The SMILES string of the molecule is C1=C(c2c3ccccc3c(-c3ccc(-c4ccc(-c5ccccc5)s4)cc3)c3ccccc23)c2ccccc2CC1. The smallest absolute Gasteiger partial charge is 0.0349 e. The summed E-state index contributed by atoms with van der Waals surface area (Å²) in [6, 6.07) is 51.2. The van der Waals surface area contributed by atoms with Crippen LogP contribution in [0, 0.1) is 0 Å². The van der Waals surface area contributed by atoms with Gasteiger partial charge in [-0.3, -0.25) is 0 Å². The zero-order valence-electron chi connectivity index (χ0n) is 22.7. The summed E-state index contributed by atoms with van der Waals surface area (Å²) in [6.07, 6.45) is 4.64. The van der Waals surface area contributed by atoms with E-state index in [1.165, 1.54) is 75.8 Å². The van der Waals surface area contributed by atoms with Crippen LogP contribution in [0.25, 0.3) is 59.1 Å². The van der Waals surface area contributed by atoms with Gasteiger partial charge >= 0.3 is 0 Å². The molecule has 1 heteroatoms. The molecule has 0 saturated heterocycles. The van der Waals surface area contributed by atoms with Gasteiger partial charge < -0.3 is 0 Å². The summed E-state index contributed by atoms with van der Waals surface area (Å²) in [5, 5.41) is 5.25. The van der Waals surface area contributed by atoms with Crippen molar-refractivity contribution in [3.8, 4) is 32.0 Å². The minimum absolute atomic E-state index is 1.08. The van der Waals surface area contributed by atoms with Gasteiger partial charge in [-0.05, 0) is 91.0 Å². The molecule has 0 fully saturated rings. The van der Waals surface area contributed by atoms with Gasteiger partial charge in [0.1, 0.15) is 0 Å². The molecule has 8 rings (SSSR count). The largest absolute Gasteiger partial charge is 0.135 e. The monoisotopic (exact) mass is 540 g/mol. The highest BCUT2D eigenvalue weighted by atomic mass is 32.1. The maximum absolute atomic E-state index is 2.45. The molecule has 1 aromatic heterocycles. The average Bonchev–Trinajstić information content (AvgIpc) is 3.55. The number of benzene rings is 6. The van der Waals surface area contributed by atoms with E-state index < -0.39 is 0 Å². The lowest BCUT2D eigenvalue weighted by Crippen LogP contribution is -2.02. The summed E-state index contributed by atoms with van der Waals surface area (Å²) < 4.78 is 0. The molecule has 0 bridgehead atoms. The van der Waals surface area contributed by atoms with Gasteiger partial charge in [-0.15, -0.1) is 11.3 Å². The number of hydrogen-bond donors (Lipinski definition) is 0. The fourth-order valence-corrected chi connectivity index (χ4v) is 7.52. The first-order valence-electron chi connectivity index (χ1n) is 14.3. The Kier molecular flexibility index (Phi) is 5.90. The lowest BCUT2D eigenvalue weighted by Gasteiger charge is -2.23. The van der Waals surface area contributed by atoms with E-state index in [2.05, 4.69) is 146 Å². The second-order valence-corrected chi connectivity index (χ2v) is 11.8. The summed E-state index contributed by atoms with van der Waals surface area (Å²) in [6.45, 7) is 0. The fraction of sp³-hybridized carbons (Fsp3) is 0.0500. The van der Waals surface area contributed by atoms with Crippen molar-refractivity contribution in [3.05, 3.63) is 162 Å². The minimum Gasteiger partial charge on any atom is -0.135 e. The van der Waals surface area contributed by atoms with Crippen LogP contribution in [0.4, 0.5) is 0 Å². The van der Waals surface area contributed by atoms with Crippen molar-refractivity contribution in [2.45, 2.75) is 12.8 Å². The van der Waals surface area contributed by atoms with E-state index in [4.69, 9.17) is 0 Å². The van der Waals surface area contributed by atoms with E-state index in [1.54, 1.807) is 0 Å². The van der Waals surface area contributed by atoms with Crippen molar-refractivity contribution in [3.63, 3.8) is 0 Å². The van der Waals surface area contributed by atoms with Gasteiger partial charge in [0.25, 0.3) is 0 Å². The Morgan fingerprint density at radius 2 is 0.927 bits per heavy atom. The normalized spacial score (nSPS) is 12.8. The third kappa shape index (κ3) is 4.13. The van der Waals surface area contributed by atoms with Gasteiger partial charge in [0.15, 0.2) is 0 Å². The average molecular weight is 541 g/mol. The van der Waals surface area contributed by atoms with Crippen LogP contribution in [0.3, 0.4) is 0 Å². The Bertz CT molecular complexity index is 2020. The maximum Gasteiger partial charge on any atom is 0.0349 e. The zero-order valence-corrected chi connectivity index (χ0v) is 23.5. The second kappa shape index (κ2) is 10.0. The van der Waals surface area contributed by atoms with E-state index >= 15 is 0 Å². The Labute approximate surface area is 244 Å². The van der Waals surface area contributed by atoms with E-state index in [1.807, 2.05) is 11.3 Å². The standard InChI is InChI=1S/C40H28S/c1-2-12-28(13-3-1)37-25-26-38(41-37)29-21-23-30(24-22-29)39-33-16-6-8-18-35(33)40(36-19-9-7-17-34(36)39)32-20-10-14-27-11-4-5-15-31(27)32/h1-9,11-13,15-26H,10,14H2. The zero-order chi connectivity index (χ0) is 27.2. The van der Waals surface area contributed by atoms with Crippen molar-refractivity contribution in [2.24, 2.45) is 0 Å². The molecule has 0 atom stereocenters. The van der Waals surface area contributed by atoms with Gasteiger partial charge in [-0.25, -0.2) is 0 Å². The first-order valence-corrected chi connectivity index (χ1v) is 15.2. The van der Waals surface area contributed by atoms with E-state index in [0.29, 0.717) is 0 Å². The number of aryl methyl sites for hydroxylation is 1. The van der Waals surface area contributed by atoms with Crippen molar-refractivity contribution < 1.29 is 0 Å². The third-order valence-electron chi connectivity index (χ3n) is 8.39. The first-order chi connectivity index (χ1) is 20.3. The van der Waals surface area contributed by atoms with Crippen molar-refractivity contribution in [1.29, 1.82) is 0 Å². The molecule has 0 amide bonds. The van der Waals surface area contributed by atoms with Crippen LogP contribution < -0.4 is 0 Å². The van der Waals surface area contributed by atoms with E-state index in [-0.39, 0.29) is 0 Å². The summed E-state index contributed by atoms with van der Waals surface area (Å²) in [7, 11) is 0. The highest BCUT2D eigenvalue weighted by molar-refractivity contribution is 7.18. The summed E-state index contributed by atoms with van der Waals surface area (Å²) >= 11 is 1.85. The fourth-order valence-electron chi connectivity index (χ4n) is 6.50. The van der Waals surface area contributed by atoms with Crippen LogP contribution >= 0.6 is 11.3 Å². The molecule has 0 N–H and O–H groups in total. The molecular formula is C40H28S. The molecule has 0 radical (unpaired) electrons. The van der Waals surface area contributed by atoms with Crippen LogP contribution in [0.2, 0.25) is 0 Å². The van der Waals surface area contributed by atoms with E-state index in [9.17, 15) is 0 Å². The molecule has 0 saturated carbocycles. The highest BCUT2D eigenvalue weighted by Crippen LogP contribution is 2.45. The van der Waals surface area contributed by atoms with Crippen LogP contribution in [-0.2, 0) is 6.42 Å². The van der Waals surface area contributed by atoms with Crippen LogP contribution in [-0.4, -0.2) is 0 Å². The summed E-state index contributed by atoms with van der Waals surface area (Å²) in [4.78, 5) is 2.60. The van der Waals surface area contributed by atoms with E-state index in [0.717, 1.165) is 12.8 Å². The predicted octanol–water partition coefficient (Wildman–Crippen LogP) is 11.4. The number of rotatable bonds is 4. The third-order valence-corrected chi connectivity index (χ3v) is 9.58. The summed E-state index contributed by atoms with van der Waals surface area (Å²) in [5.41, 5.74) is 10.6. The first kappa shape index (κ1) is 24.1. The van der Waals surface area contributed by atoms with Crippen molar-refractivity contribution in [1.82, 2.24) is 0 Å². The summed E-state index contributed by atoms with van der Waals surface area (Å²) in [5.74, 6) is 0. The Morgan fingerprint density at radius 3 is 1.59 bits per heavy atom. The molecule has 0 aliphatic heterocycles. The Hall–Kier alpha value is -4.72. The molecule has 1 aliphatic carbocycles. The van der Waals surface area contributed by atoms with Crippen LogP contribution in [0.15, 0.2) is 146 Å². The van der Waals surface area contributed by atoms with Gasteiger partial charge in [0, 0.05) is 9.75 Å². The number of thiophene rings is 1. The maximum atomic E-state index is 2.45. The number of hydrogen-bond acceptors (Lipinski definition) is 1. The number of allylic oxidation sites excluding steroid dienone is 1. The molecule has 0 unspecified atom stereocenters. The molecule has 0 spiro atoms. The molecule has 1 aliphatic rings. The van der Waals surface area contributed by atoms with Gasteiger partial charge in [0.2, 0.25) is 0 Å². The molecule has 194 valence electrons. The molecule has 6 aromatic carbocycles. The lowest BCUT2D eigenvalue weighted by molar-refractivity contribution is 0.978. The second-order valence-electron chi connectivity index (χ2n) is 10.8. The van der Waals surface area contributed by atoms with Gasteiger partial charge in [0.05, 0.1) is 0 Å². The van der Waals surface area contributed by atoms with Gasteiger partial charge in [-0.1, -0.05) is 133 Å². The van der Waals surface area contributed by atoms with Crippen LogP contribution in [0.5, 0.6) is 0 Å². The Balaban J connectivity index is 1.29. The van der Waals surface area contributed by atoms with Crippen molar-refractivity contribution >= 4 is 38.5 Å². The van der Waals surface area contributed by atoms with Gasteiger partial charge in [-0.2, -0.15) is 0 Å². The quantitative estimate of drug-likeness (QED) is 0.195. The number of fused-ring (bicyclic) bond motifs is 3. The minimum atomic E-state index is 1.08.